The van der Waals surface area contributed by atoms with Crippen LogP contribution in [0.25, 0.3) is 0 Å². The van der Waals surface area contributed by atoms with Gasteiger partial charge in [0.15, 0.2) is 0 Å². The van der Waals surface area contributed by atoms with Gasteiger partial charge in [0.05, 0.1) is 19.6 Å². The predicted octanol–water partition coefficient (Wildman–Crippen LogP) is 12.5. The summed E-state index contributed by atoms with van der Waals surface area (Å²) in [4.78, 5) is 42.3. The van der Waals surface area contributed by atoms with Gasteiger partial charge in [-0.1, -0.05) is 151 Å². The second kappa shape index (κ2) is 41.3. The van der Waals surface area contributed by atoms with Gasteiger partial charge in [0.2, 0.25) is 0 Å². The molecule has 9 heteroatoms. The summed E-state index contributed by atoms with van der Waals surface area (Å²) in [5, 5.41) is 0. The molecular formula is C47H92N2O7. The molecule has 0 bridgehead atoms. The lowest BCUT2D eigenvalue weighted by Crippen LogP contribution is -2.38. The number of carbonyl (C=O) groups is 3. The third-order valence-corrected chi connectivity index (χ3v) is 11.1. The van der Waals surface area contributed by atoms with E-state index in [1.54, 1.807) is 0 Å². The van der Waals surface area contributed by atoms with Gasteiger partial charge in [-0.05, 0) is 70.4 Å². The van der Waals surface area contributed by atoms with E-state index in [2.05, 4.69) is 51.3 Å². The first-order valence-corrected chi connectivity index (χ1v) is 23.9. The number of unbranched alkanes of at least 4 members (excludes halogenated alkanes) is 16. The Bertz CT molecular complexity index is 885. The van der Waals surface area contributed by atoms with E-state index >= 15 is 0 Å². The third kappa shape index (κ3) is 35.3. The van der Waals surface area contributed by atoms with Gasteiger partial charge in [-0.3, -0.25) is 14.5 Å². The molecule has 0 rings (SSSR count). The van der Waals surface area contributed by atoms with E-state index in [1.807, 2.05) is 0 Å². The monoisotopic (exact) mass is 797 g/mol. The maximum Gasteiger partial charge on any atom is 0.508 e. The van der Waals surface area contributed by atoms with Crippen LogP contribution in [0.2, 0.25) is 0 Å². The molecule has 0 spiro atoms. The molecule has 0 heterocycles. The molecule has 0 aromatic rings. The van der Waals surface area contributed by atoms with E-state index in [9.17, 15) is 14.4 Å². The zero-order chi connectivity index (χ0) is 41.3. The highest BCUT2D eigenvalue weighted by Gasteiger charge is 2.17. The SMILES string of the molecule is CCCCCCCOC(=O)CCN(CCOC(=O)OC(CCCCCC)CCCCCCCCC(=O)OCC(CCCC)CCCCCC)CCN(CC)CC. The Morgan fingerprint density at radius 2 is 0.929 bits per heavy atom. The fraction of sp³-hybridized carbons (Fsp3) is 0.936. The van der Waals surface area contributed by atoms with Crippen molar-refractivity contribution < 1.29 is 33.3 Å². The number of nitrogens with zero attached hydrogens (tertiary/aromatic N) is 2. The van der Waals surface area contributed by atoms with E-state index in [0.29, 0.717) is 45.1 Å². The maximum atomic E-state index is 12.8. The molecule has 56 heavy (non-hydrogen) atoms. The van der Waals surface area contributed by atoms with Crippen molar-refractivity contribution in [1.29, 1.82) is 0 Å². The second-order valence-corrected chi connectivity index (χ2v) is 16.1. The predicted molar refractivity (Wildman–Crippen MR) is 233 cm³/mol. The van der Waals surface area contributed by atoms with E-state index in [1.165, 1.54) is 77.0 Å². The van der Waals surface area contributed by atoms with Crippen LogP contribution in [0.4, 0.5) is 4.79 Å². The summed E-state index contributed by atoms with van der Waals surface area (Å²) in [7, 11) is 0. The van der Waals surface area contributed by atoms with Crippen LogP contribution in [0.1, 0.15) is 215 Å². The largest absolute Gasteiger partial charge is 0.508 e. The van der Waals surface area contributed by atoms with Crippen LogP contribution < -0.4 is 0 Å². The standard InChI is InChI=1S/C47H92N2O7/c1-7-13-17-24-29-40-53-46(51)35-36-49(38-37-48(11-5)12-6)39-41-54-47(52)56-44(32-26-19-15-9-3)33-27-22-20-21-23-28-34-45(50)55-42-43(30-16-10-4)31-25-18-14-8-2/h43-44H,7-42H2,1-6H3. The Kier molecular flexibility index (Phi) is 39.9. The molecule has 0 saturated carbocycles. The van der Waals surface area contributed by atoms with Crippen LogP contribution >= 0.6 is 0 Å². The Balaban J connectivity index is 4.59. The first-order valence-electron chi connectivity index (χ1n) is 23.9. The van der Waals surface area contributed by atoms with Gasteiger partial charge < -0.3 is 23.8 Å². The van der Waals surface area contributed by atoms with Crippen molar-refractivity contribution >= 4 is 18.1 Å². The lowest BCUT2D eigenvalue weighted by molar-refractivity contribution is -0.145. The third-order valence-electron chi connectivity index (χ3n) is 11.1. The summed E-state index contributed by atoms with van der Waals surface area (Å²) < 4.78 is 22.7. The van der Waals surface area contributed by atoms with Crippen molar-refractivity contribution in [2.24, 2.45) is 5.92 Å². The van der Waals surface area contributed by atoms with Crippen molar-refractivity contribution in [2.75, 3.05) is 59.1 Å². The molecule has 0 aliphatic heterocycles. The van der Waals surface area contributed by atoms with Crippen molar-refractivity contribution in [3.05, 3.63) is 0 Å². The smallest absolute Gasteiger partial charge is 0.466 e. The van der Waals surface area contributed by atoms with Gasteiger partial charge in [0.1, 0.15) is 12.7 Å². The Morgan fingerprint density at radius 3 is 1.55 bits per heavy atom. The van der Waals surface area contributed by atoms with Gasteiger partial charge in [-0.2, -0.15) is 0 Å². The first-order chi connectivity index (χ1) is 27.3. The number of rotatable bonds is 42. The highest BCUT2D eigenvalue weighted by atomic mass is 16.7. The summed E-state index contributed by atoms with van der Waals surface area (Å²) in [6.07, 6.45) is 28.1. The minimum Gasteiger partial charge on any atom is -0.466 e. The molecule has 0 radical (unpaired) electrons. The Hall–Kier alpha value is -1.87. The summed E-state index contributed by atoms with van der Waals surface area (Å²) in [6, 6.07) is 0. The normalized spacial score (nSPS) is 12.6. The minimum absolute atomic E-state index is 0.0363. The number of likely N-dealkylation sites (N-methyl/N-ethyl adjacent to an activating group) is 1. The Morgan fingerprint density at radius 1 is 0.429 bits per heavy atom. The van der Waals surface area contributed by atoms with Crippen LogP contribution in [-0.2, 0) is 28.5 Å². The summed E-state index contributed by atoms with van der Waals surface area (Å²) in [5.74, 6) is 0.318. The molecule has 9 nitrogen and oxygen atoms in total. The van der Waals surface area contributed by atoms with E-state index in [4.69, 9.17) is 18.9 Å². The molecule has 2 unspecified atom stereocenters. The van der Waals surface area contributed by atoms with Crippen LogP contribution in [0.15, 0.2) is 0 Å². The van der Waals surface area contributed by atoms with Crippen molar-refractivity contribution in [2.45, 2.75) is 221 Å². The lowest BCUT2D eigenvalue weighted by Gasteiger charge is -2.26. The fourth-order valence-electron chi connectivity index (χ4n) is 7.16. The van der Waals surface area contributed by atoms with Gasteiger partial charge in [0.25, 0.3) is 0 Å². The molecule has 0 N–H and O–H groups in total. The van der Waals surface area contributed by atoms with Crippen molar-refractivity contribution in [3.63, 3.8) is 0 Å². The molecule has 0 fully saturated rings. The first kappa shape index (κ1) is 54.1. The molecule has 332 valence electrons. The van der Waals surface area contributed by atoms with E-state index in [0.717, 1.165) is 110 Å². The summed E-state index contributed by atoms with van der Waals surface area (Å²) in [6.45, 7) is 19.3. The van der Waals surface area contributed by atoms with Gasteiger partial charge >= 0.3 is 18.1 Å². The molecule has 0 aromatic carbocycles. The molecule has 0 aliphatic carbocycles. The van der Waals surface area contributed by atoms with Crippen LogP contribution in [-0.4, -0.2) is 93.1 Å². The number of carbonyl (C=O) groups excluding carboxylic acids is 3. The van der Waals surface area contributed by atoms with Gasteiger partial charge in [-0.25, -0.2) is 4.79 Å². The number of ether oxygens (including phenoxy) is 4. The highest BCUT2D eigenvalue weighted by molar-refractivity contribution is 5.69. The summed E-state index contributed by atoms with van der Waals surface area (Å²) >= 11 is 0. The number of hydrogen-bond donors (Lipinski definition) is 0. The zero-order valence-corrected chi connectivity index (χ0v) is 37.9. The van der Waals surface area contributed by atoms with Gasteiger partial charge in [0, 0.05) is 32.6 Å². The maximum absolute atomic E-state index is 12.8. The quantitative estimate of drug-likeness (QED) is 0.0340. The average Bonchev–Trinajstić information content (AvgIpc) is 3.20. The van der Waals surface area contributed by atoms with E-state index in [-0.39, 0.29) is 24.6 Å². The number of esters is 2. The highest BCUT2D eigenvalue weighted by Crippen LogP contribution is 2.20. The fourth-order valence-corrected chi connectivity index (χ4v) is 7.16. The second-order valence-electron chi connectivity index (χ2n) is 16.1. The molecule has 0 saturated heterocycles. The van der Waals surface area contributed by atoms with Crippen molar-refractivity contribution in [3.8, 4) is 0 Å². The average molecular weight is 797 g/mol. The molecule has 2 atom stereocenters. The Labute approximate surface area is 346 Å². The topological polar surface area (TPSA) is 94.6 Å². The van der Waals surface area contributed by atoms with Crippen LogP contribution in [0.3, 0.4) is 0 Å². The van der Waals surface area contributed by atoms with Crippen molar-refractivity contribution in [1.82, 2.24) is 9.80 Å². The van der Waals surface area contributed by atoms with Crippen LogP contribution in [0.5, 0.6) is 0 Å². The molecule has 0 aromatic heterocycles. The lowest BCUT2D eigenvalue weighted by atomic mass is 9.96. The zero-order valence-electron chi connectivity index (χ0n) is 37.9. The molecule has 0 amide bonds. The number of hydrogen-bond acceptors (Lipinski definition) is 9. The summed E-state index contributed by atoms with van der Waals surface area (Å²) in [5.41, 5.74) is 0. The molecular weight excluding hydrogens is 705 g/mol. The van der Waals surface area contributed by atoms with Gasteiger partial charge in [-0.15, -0.1) is 0 Å². The minimum atomic E-state index is -0.586. The molecule has 0 aliphatic rings. The van der Waals surface area contributed by atoms with E-state index < -0.39 is 6.16 Å². The van der Waals surface area contributed by atoms with Crippen LogP contribution in [0, 0.1) is 5.92 Å².